The van der Waals surface area contributed by atoms with Gasteiger partial charge in [0.1, 0.15) is 17.6 Å². The first-order chi connectivity index (χ1) is 8.13. The van der Waals surface area contributed by atoms with Gasteiger partial charge < -0.3 is 14.3 Å². The van der Waals surface area contributed by atoms with Gasteiger partial charge in [-0.25, -0.2) is 4.39 Å². The lowest BCUT2D eigenvalue weighted by Gasteiger charge is -2.11. The summed E-state index contributed by atoms with van der Waals surface area (Å²) < 4.78 is 24.0. The SMILES string of the molecule is COc1cccc(C(O)c2ccc(C)o2)c1F. The summed E-state index contributed by atoms with van der Waals surface area (Å²) in [4.78, 5) is 0. The van der Waals surface area contributed by atoms with Crippen LogP contribution in [0.15, 0.2) is 34.7 Å². The van der Waals surface area contributed by atoms with Crippen molar-refractivity contribution in [1.29, 1.82) is 0 Å². The molecule has 17 heavy (non-hydrogen) atoms. The number of halogens is 1. The van der Waals surface area contributed by atoms with Gasteiger partial charge in [-0.2, -0.15) is 0 Å². The molecule has 0 saturated carbocycles. The van der Waals surface area contributed by atoms with Gasteiger partial charge in [0.2, 0.25) is 0 Å². The number of hydrogen-bond donors (Lipinski definition) is 1. The molecule has 0 aliphatic rings. The van der Waals surface area contributed by atoms with Gasteiger partial charge in [-0.05, 0) is 25.1 Å². The van der Waals surface area contributed by atoms with E-state index in [1.165, 1.54) is 19.2 Å². The largest absolute Gasteiger partial charge is 0.494 e. The molecule has 0 saturated heterocycles. The summed E-state index contributed by atoms with van der Waals surface area (Å²) in [6.07, 6.45) is -1.13. The molecule has 0 bridgehead atoms. The van der Waals surface area contributed by atoms with E-state index in [0.29, 0.717) is 11.5 Å². The summed E-state index contributed by atoms with van der Waals surface area (Å²) in [5.41, 5.74) is 0.138. The highest BCUT2D eigenvalue weighted by Crippen LogP contribution is 2.29. The van der Waals surface area contributed by atoms with E-state index < -0.39 is 11.9 Å². The van der Waals surface area contributed by atoms with Crippen LogP contribution in [0.2, 0.25) is 0 Å². The molecule has 0 radical (unpaired) electrons. The summed E-state index contributed by atoms with van der Waals surface area (Å²) in [5, 5.41) is 10.0. The molecule has 2 rings (SSSR count). The van der Waals surface area contributed by atoms with Gasteiger partial charge in [-0.15, -0.1) is 0 Å². The summed E-state index contributed by atoms with van der Waals surface area (Å²) in [6, 6.07) is 7.96. The predicted octanol–water partition coefficient (Wildman–Crippen LogP) is 2.82. The van der Waals surface area contributed by atoms with E-state index in [2.05, 4.69) is 0 Å². The Morgan fingerprint density at radius 2 is 2.06 bits per heavy atom. The van der Waals surface area contributed by atoms with E-state index in [0.717, 1.165) is 0 Å². The Morgan fingerprint density at radius 3 is 2.65 bits per heavy atom. The van der Waals surface area contributed by atoms with Gasteiger partial charge in [0.15, 0.2) is 11.6 Å². The van der Waals surface area contributed by atoms with Crippen LogP contribution in [-0.2, 0) is 0 Å². The molecular weight excluding hydrogens is 223 g/mol. The van der Waals surface area contributed by atoms with Crippen molar-refractivity contribution in [2.24, 2.45) is 0 Å². The number of methoxy groups -OCH3 is 1. The van der Waals surface area contributed by atoms with Crippen LogP contribution in [-0.4, -0.2) is 12.2 Å². The topological polar surface area (TPSA) is 42.6 Å². The summed E-state index contributed by atoms with van der Waals surface area (Å²) in [6.45, 7) is 1.76. The van der Waals surface area contributed by atoms with E-state index in [9.17, 15) is 9.50 Å². The van der Waals surface area contributed by atoms with Crippen molar-refractivity contribution < 1.29 is 18.7 Å². The molecule has 0 aliphatic carbocycles. The average Bonchev–Trinajstić information content (AvgIpc) is 2.75. The number of rotatable bonds is 3. The van der Waals surface area contributed by atoms with Gasteiger partial charge >= 0.3 is 0 Å². The molecule has 1 unspecified atom stereocenters. The highest BCUT2D eigenvalue weighted by atomic mass is 19.1. The third-order valence-corrected chi connectivity index (χ3v) is 2.54. The Balaban J connectivity index is 2.40. The molecule has 90 valence electrons. The number of aliphatic hydroxyl groups is 1. The average molecular weight is 236 g/mol. The molecule has 0 fully saturated rings. The molecule has 0 aliphatic heterocycles. The first-order valence-electron chi connectivity index (χ1n) is 5.20. The van der Waals surface area contributed by atoms with Crippen LogP contribution in [0, 0.1) is 12.7 Å². The van der Waals surface area contributed by atoms with E-state index in [1.807, 2.05) is 0 Å². The lowest BCUT2D eigenvalue weighted by atomic mass is 10.1. The molecule has 1 aromatic carbocycles. The van der Waals surface area contributed by atoms with Crippen molar-refractivity contribution in [3.63, 3.8) is 0 Å². The van der Waals surface area contributed by atoms with Crippen LogP contribution in [0.25, 0.3) is 0 Å². The monoisotopic (exact) mass is 236 g/mol. The van der Waals surface area contributed by atoms with Gasteiger partial charge in [-0.1, -0.05) is 12.1 Å². The third kappa shape index (κ3) is 2.17. The molecule has 1 N–H and O–H groups in total. The number of aliphatic hydroxyl groups excluding tert-OH is 1. The normalized spacial score (nSPS) is 12.5. The van der Waals surface area contributed by atoms with Crippen molar-refractivity contribution in [1.82, 2.24) is 0 Å². The van der Waals surface area contributed by atoms with E-state index >= 15 is 0 Å². The second kappa shape index (κ2) is 4.59. The Hall–Kier alpha value is -1.81. The number of furan rings is 1. The van der Waals surface area contributed by atoms with Crippen molar-refractivity contribution in [2.45, 2.75) is 13.0 Å². The summed E-state index contributed by atoms with van der Waals surface area (Å²) >= 11 is 0. The van der Waals surface area contributed by atoms with Crippen molar-refractivity contribution >= 4 is 0 Å². The minimum atomic E-state index is -1.13. The standard InChI is InChI=1S/C13H13FO3/c1-8-6-7-11(17-8)13(15)9-4-3-5-10(16-2)12(9)14/h3-7,13,15H,1-2H3. The predicted molar refractivity (Wildman–Crippen MR) is 60.5 cm³/mol. The fraction of sp³-hybridized carbons (Fsp3) is 0.231. The Bertz CT molecular complexity index is 519. The zero-order valence-electron chi connectivity index (χ0n) is 9.61. The maximum Gasteiger partial charge on any atom is 0.171 e. The highest BCUT2D eigenvalue weighted by Gasteiger charge is 2.20. The van der Waals surface area contributed by atoms with Crippen LogP contribution >= 0.6 is 0 Å². The van der Waals surface area contributed by atoms with Gasteiger partial charge in [0.05, 0.1) is 7.11 Å². The fourth-order valence-electron chi connectivity index (χ4n) is 1.65. The molecular formula is C13H13FO3. The minimum absolute atomic E-state index is 0.102. The van der Waals surface area contributed by atoms with Crippen LogP contribution in [0.4, 0.5) is 4.39 Å². The number of aryl methyl sites for hydroxylation is 1. The zero-order valence-corrected chi connectivity index (χ0v) is 9.61. The molecule has 0 amide bonds. The van der Waals surface area contributed by atoms with Crippen molar-refractivity contribution in [2.75, 3.05) is 7.11 Å². The summed E-state index contributed by atoms with van der Waals surface area (Å²) in [5.74, 6) is 0.512. The zero-order chi connectivity index (χ0) is 12.4. The van der Waals surface area contributed by atoms with Gasteiger partial charge in [0, 0.05) is 5.56 Å². The minimum Gasteiger partial charge on any atom is -0.494 e. The summed E-state index contributed by atoms with van der Waals surface area (Å²) in [7, 11) is 1.38. The Labute approximate surface area is 98.5 Å². The lowest BCUT2D eigenvalue weighted by Crippen LogP contribution is -2.02. The molecule has 4 heteroatoms. The highest BCUT2D eigenvalue weighted by molar-refractivity contribution is 5.35. The first kappa shape index (κ1) is 11.7. The van der Waals surface area contributed by atoms with Crippen molar-refractivity contribution in [3.05, 3.63) is 53.2 Å². The van der Waals surface area contributed by atoms with E-state index in [1.54, 1.807) is 25.1 Å². The quantitative estimate of drug-likeness (QED) is 0.891. The third-order valence-electron chi connectivity index (χ3n) is 2.54. The molecule has 1 aromatic heterocycles. The van der Waals surface area contributed by atoms with E-state index in [-0.39, 0.29) is 11.3 Å². The maximum absolute atomic E-state index is 13.9. The maximum atomic E-state index is 13.9. The smallest absolute Gasteiger partial charge is 0.171 e. The van der Waals surface area contributed by atoms with Crippen LogP contribution < -0.4 is 4.74 Å². The molecule has 3 nitrogen and oxygen atoms in total. The number of benzene rings is 1. The van der Waals surface area contributed by atoms with Crippen LogP contribution in [0.5, 0.6) is 5.75 Å². The molecule has 0 spiro atoms. The van der Waals surface area contributed by atoms with E-state index in [4.69, 9.17) is 9.15 Å². The van der Waals surface area contributed by atoms with Crippen LogP contribution in [0.3, 0.4) is 0 Å². The Morgan fingerprint density at radius 1 is 1.29 bits per heavy atom. The lowest BCUT2D eigenvalue weighted by molar-refractivity contribution is 0.182. The van der Waals surface area contributed by atoms with Gasteiger partial charge in [-0.3, -0.25) is 0 Å². The second-order valence-corrected chi connectivity index (χ2v) is 3.71. The van der Waals surface area contributed by atoms with Crippen LogP contribution in [0.1, 0.15) is 23.2 Å². The molecule has 1 heterocycles. The first-order valence-corrected chi connectivity index (χ1v) is 5.20. The second-order valence-electron chi connectivity index (χ2n) is 3.71. The van der Waals surface area contributed by atoms with Gasteiger partial charge in [0.25, 0.3) is 0 Å². The number of ether oxygens (including phenoxy) is 1. The van der Waals surface area contributed by atoms with Crippen molar-refractivity contribution in [3.8, 4) is 5.75 Å². The number of hydrogen-bond acceptors (Lipinski definition) is 3. The molecule has 1 atom stereocenters. The fourth-order valence-corrected chi connectivity index (χ4v) is 1.65. The Kier molecular flexibility index (Phi) is 3.15. The molecule has 2 aromatic rings.